The normalized spacial score (nSPS) is 23.7. The number of likely N-dealkylation sites (tertiary alicyclic amines) is 2. The van der Waals surface area contributed by atoms with Crippen LogP contribution in [0.4, 0.5) is 17.2 Å². The van der Waals surface area contributed by atoms with Crippen LogP contribution in [0.5, 0.6) is 0 Å². The minimum Gasteiger partial charge on any atom is -0.371 e. The van der Waals surface area contributed by atoms with Crippen molar-refractivity contribution in [2.75, 3.05) is 49.5 Å². The van der Waals surface area contributed by atoms with E-state index in [0.717, 1.165) is 57.2 Å². The Kier molecular flexibility index (Phi) is 6.96. The van der Waals surface area contributed by atoms with Crippen LogP contribution in [0.25, 0.3) is 0 Å². The summed E-state index contributed by atoms with van der Waals surface area (Å²) in [6.45, 7) is 15.1. The van der Waals surface area contributed by atoms with Crippen LogP contribution >= 0.6 is 0 Å². The number of aromatic nitrogens is 2. The Bertz CT molecular complexity index is 1330. The molecule has 0 bridgehead atoms. The zero-order valence-electron chi connectivity index (χ0n) is 24.4. The van der Waals surface area contributed by atoms with Crippen molar-refractivity contribution in [2.45, 2.75) is 89.0 Å². The number of allylic oxidation sites excluding steroid dienone is 1. The number of hydrogen-bond donors (Lipinski definition) is 1. The smallest absolute Gasteiger partial charge is 0.135 e. The van der Waals surface area contributed by atoms with Gasteiger partial charge in [-0.3, -0.25) is 9.88 Å². The van der Waals surface area contributed by atoms with E-state index in [1.54, 1.807) is 0 Å². The summed E-state index contributed by atoms with van der Waals surface area (Å²) in [5.41, 5.74) is 9.15. The molecular formula is C34H44N6. The zero-order valence-corrected chi connectivity index (χ0v) is 24.4. The number of pyridine rings is 2. The van der Waals surface area contributed by atoms with Crippen molar-refractivity contribution in [3.63, 3.8) is 0 Å². The van der Waals surface area contributed by atoms with Gasteiger partial charge in [-0.2, -0.15) is 0 Å². The van der Waals surface area contributed by atoms with Crippen LogP contribution in [0.15, 0.2) is 30.6 Å². The van der Waals surface area contributed by atoms with Gasteiger partial charge >= 0.3 is 0 Å². The van der Waals surface area contributed by atoms with E-state index >= 15 is 0 Å². The monoisotopic (exact) mass is 536 g/mol. The first-order valence-corrected chi connectivity index (χ1v) is 15.7. The van der Waals surface area contributed by atoms with Crippen molar-refractivity contribution in [2.24, 2.45) is 0 Å². The van der Waals surface area contributed by atoms with E-state index in [-0.39, 0.29) is 0 Å². The molecule has 1 atom stereocenters. The molecule has 1 aliphatic carbocycles. The van der Waals surface area contributed by atoms with E-state index in [4.69, 9.17) is 9.97 Å². The van der Waals surface area contributed by atoms with E-state index in [2.05, 4.69) is 57.5 Å². The molecule has 0 spiro atoms. The van der Waals surface area contributed by atoms with Gasteiger partial charge in [0.15, 0.2) is 0 Å². The number of piperidine rings is 2. The summed E-state index contributed by atoms with van der Waals surface area (Å²) in [5.74, 6) is 8.77. The van der Waals surface area contributed by atoms with Gasteiger partial charge in [-0.1, -0.05) is 25.3 Å². The highest BCUT2D eigenvalue weighted by Gasteiger charge is 2.38. The Morgan fingerprint density at radius 2 is 1.80 bits per heavy atom. The lowest BCUT2D eigenvalue weighted by molar-refractivity contribution is 0.0536. The number of fused-ring (bicyclic) bond motifs is 2. The molecule has 2 aromatic heterocycles. The fraction of sp³-hybridized carbons (Fsp3) is 0.588. The van der Waals surface area contributed by atoms with Gasteiger partial charge in [-0.05, 0) is 81.9 Å². The number of nitrogens with one attached hydrogen (secondary N) is 1. The molecule has 3 saturated heterocycles. The Morgan fingerprint density at radius 3 is 2.52 bits per heavy atom. The summed E-state index contributed by atoms with van der Waals surface area (Å²) in [7, 11) is 0. The molecule has 1 unspecified atom stereocenters. The second-order valence-corrected chi connectivity index (χ2v) is 12.8. The molecule has 1 saturated carbocycles. The Hall–Kier alpha value is -3.04. The van der Waals surface area contributed by atoms with Crippen LogP contribution in [-0.2, 0) is 6.42 Å². The molecule has 4 fully saturated rings. The molecule has 7 rings (SSSR count). The van der Waals surface area contributed by atoms with Crippen LogP contribution in [0.2, 0.25) is 0 Å². The average Bonchev–Trinajstić information content (AvgIpc) is 3.80. The number of anilines is 3. The van der Waals surface area contributed by atoms with Gasteiger partial charge < -0.3 is 15.1 Å². The third-order valence-electron chi connectivity index (χ3n) is 10.0. The molecule has 4 aliphatic heterocycles. The van der Waals surface area contributed by atoms with Gasteiger partial charge in [0.2, 0.25) is 0 Å². The van der Waals surface area contributed by atoms with E-state index in [1.807, 2.05) is 13.1 Å². The molecule has 6 heteroatoms. The van der Waals surface area contributed by atoms with Crippen molar-refractivity contribution in [1.29, 1.82) is 0 Å². The van der Waals surface area contributed by atoms with Gasteiger partial charge in [0.05, 0.1) is 5.70 Å². The number of rotatable bonds is 5. The first kappa shape index (κ1) is 25.9. The lowest BCUT2D eigenvalue weighted by Crippen LogP contribution is -2.54. The molecule has 40 heavy (non-hydrogen) atoms. The second kappa shape index (κ2) is 10.7. The maximum absolute atomic E-state index is 5.42. The molecule has 2 aromatic rings. The van der Waals surface area contributed by atoms with Crippen molar-refractivity contribution < 1.29 is 0 Å². The molecule has 6 heterocycles. The third kappa shape index (κ3) is 4.87. The summed E-state index contributed by atoms with van der Waals surface area (Å²) in [5, 5.41) is 3.86. The van der Waals surface area contributed by atoms with Crippen LogP contribution in [0.3, 0.4) is 0 Å². The Labute approximate surface area is 240 Å². The highest BCUT2D eigenvalue weighted by molar-refractivity contribution is 5.74. The molecule has 1 N–H and O–H groups in total. The predicted octanol–water partition coefficient (Wildman–Crippen LogP) is 6.15. The van der Waals surface area contributed by atoms with E-state index in [0.29, 0.717) is 23.8 Å². The molecule has 210 valence electrons. The largest absolute Gasteiger partial charge is 0.371 e. The molecule has 0 radical (unpaired) electrons. The molecule has 5 aliphatic rings. The summed E-state index contributed by atoms with van der Waals surface area (Å²) in [6, 6.07) is 5.31. The predicted molar refractivity (Wildman–Crippen MR) is 163 cm³/mol. The number of nitrogens with zero attached hydrogens (tertiary/aromatic N) is 5. The van der Waals surface area contributed by atoms with Gasteiger partial charge in [-0.25, -0.2) is 4.98 Å². The van der Waals surface area contributed by atoms with Gasteiger partial charge in [0, 0.05) is 91.7 Å². The first-order chi connectivity index (χ1) is 19.6. The van der Waals surface area contributed by atoms with E-state index in [9.17, 15) is 0 Å². The SMILES string of the molecule is C=C(C#CC)N1CCC(N2CC(c3cc4c(c(C5CC5)n3)CC(C)c3c(N5CCCCC5)ccnc3N4)C2)CC1. The van der Waals surface area contributed by atoms with E-state index < -0.39 is 0 Å². The number of hydrogen-bond acceptors (Lipinski definition) is 6. The minimum atomic E-state index is 0.420. The van der Waals surface area contributed by atoms with Crippen LogP contribution in [0, 0.1) is 11.8 Å². The Morgan fingerprint density at radius 1 is 1.02 bits per heavy atom. The maximum Gasteiger partial charge on any atom is 0.135 e. The summed E-state index contributed by atoms with van der Waals surface area (Å²) in [4.78, 5) is 18.0. The van der Waals surface area contributed by atoms with Crippen LogP contribution in [-0.4, -0.2) is 65.1 Å². The fourth-order valence-electron chi connectivity index (χ4n) is 7.56. The highest BCUT2D eigenvalue weighted by atomic mass is 15.2. The van der Waals surface area contributed by atoms with Crippen LogP contribution in [0.1, 0.15) is 99.1 Å². The van der Waals surface area contributed by atoms with Crippen molar-refractivity contribution in [3.8, 4) is 11.8 Å². The van der Waals surface area contributed by atoms with Crippen LogP contribution < -0.4 is 10.2 Å². The van der Waals surface area contributed by atoms with Gasteiger partial charge in [0.25, 0.3) is 0 Å². The maximum atomic E-state index is 5.42. The van der Waals surface area contributed by atoms with Crippen molar-refractivity contribution >= 4 is 17.2 Å². The van der Waals surface area contributed by atoms with Gasteiger partial charge in [-0.15, -0.1) is 0 Å². The third-order valence-corrected chi connectivity index (χ3v) is 10.0. The summed E-state index contributed by atoms with van der Waals surface area (Å²) < 4.78 is 0. The Balaban J connectivity index is 1.10. The summed E-state index contributed by atoms with van der Waals surface area (Å²) in [6.07, 6.45) is 11.9. The van der Waals surface area contributed by atoms with Crippen molar-refractivity contribution in [1.82, 2.24) is 19.8 Å². The standard InChI is InChI=1S/C34H44N6/c1-4-8-24(3)38-17-12-27(13-18-38)40-21-26(22-40)29-20-30-28(33(36-29)25-9-10-25)19-23(2)32-31(11-14-35-34(32)37-30)39-15-6-5-7-16-39/h11,14,20,23,25-27H,3,5-7,9-10,12-13,15-19,21-22H2,1-2H3,(H,35,37). The fourth-order valence-corrected chi connectivity index (χ4v) is 7.56. The lowest BCUT2D eigenvalue weighted by Gasteiger charge is -2.47. The average molecular weight is 537 g/mol. The quantitative estimate of drug-likeness (QED) is 0.463. The molecule has 6 nitrogen and oxygen atoms in total. The topological polar surface area (TPSA) is 47.5 Å². The van der Waals surface area contributed by atoms with E-state index in [1.165, 1.54) is 78.8 Å². The highest BCUT2D eigenvalue weighted by Crippen LogP contribution is 2.48. The second-order valence-electron chi connectivity index (χ2n) is 12.8. The first-order valence-electron chi connectivity index (χ1n) is 15.7. The summed E-state index contributed by atoms with van der Waals surface area (Å²) >= 11 is 0. The lowest BCUT2D eigenvalue weighted by atomic mass is 9.88. The van der Waals surface area contributed by atoms with Gasteiger partial charge in [0.1, 0.15) is 5.82 Å². The molecular weight excluding hydrogens is 492 g/mol. The zero-order chi connectivity index (χ0) is 27.2. The molecule has 0 amide bonds. The van der Waals surface area contributed by atoms with Crippen molar-refractivity contribution in [3.05, 3.63) is 53.1 Å². The molecule has 0 aromatic carbocycles. The minimum absolute atomic E-state index is 0.420.